The van der Waals surface area contributed by atoms with Gasteiger partial charge in [-0.2, -0.15) is 0 Å². The monoisotopic (exact) mass is 320 g/mol. The fourth-order valence-electron chi connectivity index (χ4n) is 6.07. The summed E-state index contributed by atoms with van der Waals surface area (Å²) >= 11 is 0. The largest absolute Gasteiger partial charge is 0.472 e. The van der Waals surface area contributed by atoms with Gasteiger partial charge in [-0.25, -0.2) is 0 Å². The molecule has 5 atom stereocenters. The fourth-order valence-corrected chi connectivity index (χ4v) is 6.07. The molecule has 1 aromatic heterocycles. The van der Waals surface area contributed by atoms with E-state index in [1.54, 1.807) is 12.5 Å². The Morgan fingerprint density at radius 3 is 2.65 bits per heavy atom. The van der Waals surface area contributed by atoms with Gasteiger partial charge >= 0.3 is 0 Å². The van der Waals surface area contributed by atoms with Gasteiger partial charge in [0.15, 0.2) is 0 Å². The quantitative estimate of drug-likeness (QED) is 0.878. The van der Waals surface area contributed by atoms with Crippen LogP contribution in [-0.4, -0.2) is 21.9 Å². The first-order valence-electron chi connectivity index (χ1n) is 9.12. The van der Waals surface area contributed by atoms with Crippen molar-refractivity contribution in [3.63, 3.8) is 0 Å². The van der Waals surface area contributed by atoms with Crippen LogP contribution in [0.3, 0.4) is 0 Å². The summed E-state index contributed by atoms with van der Waals surface area (Å²) in [6.45, 7) is 8.88. The van der Waals surface area contributed by atoms with Crippen LogP contribution >= 0.6 is 0 Å². The molecule has 0 saturated heterocycles. The molecule has 0 radical (unpaired) electrons. The molecule has 0 aliphatic heterocycles. The van der Waals surface area contributed by atoms with Crippen molar-refractivity contribution in [1.82, 2.24) is 0 Å². The summed E-state index contributed by atoms with van der Waals surface area (Å²) in [6.07, 6.45) is 8.71. The Hall–Kier alpha value is -0.800. The van der Waals surface area contributed by atoms with E-state index in [2.05, 4.69) is 27.7 Å². The van der Waals surface area contributed by atoms with Crippen LogP contribution < -0.4 is 0 Å². The lowest BCUT2D eigenvalue weighted by atomic mass is 9.43. The molecule has 2 aliphatic rings. The molecular formula is C20H32O3. The zero-order valence-electron chi connectivity index (χ0n) is 15.0. The number of hydrogen-bond donors (Lipinski definition) is 2. The number of hydrogen-bond acceptors (Lipinski definition) is 3. The van der Waals surface area contributed by atoms with E-state index in [0.29, 0.717) is 6.42 Å². The van der Waals surface area contributed by atoms with Crippen molar-refractivity contribution in [3.8, 4) is 0 Å². The molecule has 3 heteroatoms. The summed E-state index contributed by atoms with van der Waals surface area (Å²) in [5.74, 6) is 0.272. The van der Waals surface area contributed by atoms with Crippen molar-refractivity contribution < 1.29 is 14.6 Å². The van der Waals surface area contributed by atoms with Crippen LogP contribution in [0.5, 0.6) is 0 Å². The molecule has 2 N–H and O–H groups in total. The first-order chi connectivity index (χ1) is 10.7. The third kappa shape index (κ3) is 2.56. The van der Waals surface area contributed by atoms with E-state index < -0.39 is 5.60 Å². The van der Waals surface area contributed by atoms with Crippen LogP contribution in [0.15, 0.2) is 23.0 Å². The average Bonchev–Trinajstić information content (AvgIpc) is 2.95. The predicted molar refractivity (Wildman–Crippen MR) is 91.0 cm³/mol. The lowest BCUT2D eigenvalue weighted by Crippen LogP contribution is -2.66. The van der Waals surface area contributed by atoms with Gasteiger partial charge in [0.2, 0.25) is 0 Å². The molecule has 0 aromatic carbocycles. The second kappa shape index (κ2) is 5.63. The molecule has 3 rings (SSSR count). The van der Waals surface area contributed by atoms with E-state index in [1.165, 1.54) is 0 Å². The smallest absolute Gasteiger partial charge is 0.0934 e. The maximum Gasteiger partial charge on any atom is 0.0934 e. The molecule has 2 aliphatic carbocycles. The molecule has 1 aromatic rings. The lowest BCUT2D eigenvalue weighted by molar-refractivity contribution is -0.244. The number of furan rings is 1. The number of rotatable bonds is 3. The van der Waals surface area contributed by atoms with E-state index in [1.807, 2.05) is 6.07 Å². The van der Waals surface area contributed by atoms with Gasteiger partial charge in [0, 0.05) is 5.41 Å². The highest BCUT2D eigenvalue weighted by Crippen LogP contribution is 2.63. The maximum atomic E-state index is 11.8. The molecule has 1 heterocycles. The molecule has 2 fully saturated rings. The highest BCUT2D eigenvalue weighted by Gasteiger charge is 2.63. The van der Waals surface area contributed by atoms with Crippen molar-refractivity contribution in [2.24, 2.45) is 22.7 Å². The van der Waals surface area contributed by atoms with E-state index in [0.717, 1.165) is 37.7 Å². The Labute approximate surface area is 140 Å². The standard InChI is InChI=1S/C20H32O3/c1-14-12-16(21)17-18(2,3)8-5-9-19(17,4)20(14,22)10-6-15-7-11-23-13-15/h7,11,13-14,16-17,21-22H,5-6,8-10,12H2,1-4H3/t14-,16-,17-,19-,20+/m0/s1. The van der Waals surface area contributed by atoms with Crippen LogP contribution in [-0.2, 0) is 6.42 Å². The normalized spacial score (nSPS) is 43.1. The van der Waals surface area contributed by atoms with Crippen molar-refractivity contribution in [2.45, 2.75) is 77.9 Å². The van der Waals surface area contributed by atoms with Gasteiger partial charge in [0.1, 0.15) is 0 Å². The lowest BCUT2D eigenvalue weighted by Gasteiger charge is -2.64. The van der Waals surface area contributed by atoms with Gasteiger partial charge in [-0.05, 0) is 61.0 Å². The van der Waals surface area contributed by atoms with Gasteiger partial charge < -0.3 is 14.6 Å². The predicted octanol–water partition coefficient (Wildman–Crippen LogP) is 4.18. The maximum absolute atomic E-state index is 11.8. The van der Waals surface area contributed by atoms with Crippen molar-refractivity contribution in [2.75, 3.05) is 0 Å². The van der Waals surface area contributed by atoms with E-state index in [-0.39, 0.29) is 28.8 Å². The van der Waals surface area contributed by atoms with Gasteiger partial charge in [0.25, 0.3) is 0 Å². The number of fused-ring (bicyclic) bond motifs is 1. The summed E-state index contributed by atoms with van der Waals surface area (Å²) in [7, 11) is 0. The molecule has 3 nitrogen and oxygen atoms in total. The summed E-state index contributed by atoms with van der Waals surface area (Å²) in [4.78, 5) is 0. The van der Waals surface area contributed by atoms with E-state index in [4.69, 9.17) is 4.42 Å². The minimum absolute atomic E-state index is 0.0795. The summed E-state index contributed by atoms with van der Waals surface area (Å²) < 4.78 is 5.17. The van der Waals surface area contributed by atoms with Crippen molar-refractivity contribution >= 4 is 0 Å². The van der Waals surface area contributed by atoms with Gasteiger partial charge in [-0.15, -0.1) is 0 Å². The third-order valence-electron chi connectivity index (χ3n) is 7.20. The van der Waals surface area contributed by atoms with E-state index in [9.17, 15) is 10.2 Å². The van der Waals surface area contributed by atoms with Crippen LogP contribution in [0.1, 0.15) is 65.4 Å². The first-order valence-corrected chi connectivity index (χ1v) is 9.12. The summed E-state index contributed by atoms with van der Waals surface area (Å²) in [5, 5.41) is 22.6. The third-order valence-corrected chi connectivity index (χ3v) is 7.20. The molecule has 0 bridgehead atoms. The zero-order chi connectivity index (χ0) is 16.9. The first kappa shape index (κ1) is 17.0. The Kier molecular flexibility index (Phi) is 4.17. The molecule has 0 unspecified atom stereocenters. The minimum atomic E-state index is -0.730. The van der Waals surface area contributed by atoms with Crippen molar-refractivity contribution in [1.29, 1.82) is 0 Å². The SMILES string of the molecule is C[C@H]1C[C@H](O)[C@H]2C(C)(C)CCC[C@]2(C)[C@@]1(O)CCc1ccoc1. The Morgan fingerprint density at radius 2 is 2.00 bits per heavy atom. The highest BCUT2D eigenvalue weighted by molar-refractivity contribution is 5.15. The van der Waals surface area contributed by atoms with Crippen LogP contribution in [0.25, 0.3) is 0 Å². The van der Waals surface area contributed by atoms with Crippen molar-refractivity contribution in [3.05, 3.63) is 24.2 Å². The van der Waals surface area contributed by atoms with Crippen LogP contribution in [0, 0.1) is 22.7 Å². The van der Waals surface area contributed by atoms with Gasteiger partial charge in [0.05, 0.1) is 24.2 Å². The summed E-state index contributed by atoms with van der Waals surface area (Å²) in [6, 6.07) is 1.98. The Balaban J connectivity index is 1.93. The number of aliphatic hydroxyl groups is 2. The summed E-state index contributed by atoms with van der Waals surface area (Å²) in [5.41, 5.74) is 0.268. The molecule has 130 valence electrons. The molecular weight excluding hydrogens is 288 g/mol. The van der Waals surface area contributed by atoms with Gasteiger partial charge in [-0.3, -0.25) is 0 Å². The second-order valence-corrected chi connectivity index (χ2v) is 9.00. The van der Waals surface area contributed by atoms with Gasteiger partial charge in [-0.1, -0.05) is 34.1 Å². The second-order valence-electron chi connectivity index (χ2n) is 9.00. The molecule has 0 amide bonds. The number of aryl methyl sites for hydroxylation is 1. The van der Waals surface area contributed by atoms with E-state index >= 15 is 0 Å². The minimum Gasteiger partial charge on any atom is -0.472 e. The Morgan fingerprint density at radius 1 is 1.26 bits per heavy atom. The van der Waals surface area contributed by atoms with Crippen LogP contribution in [0.2, 0.25) is 0 Å². The molecule has 2 saturated carbocycles. The highest BCUT2D eigenvalue weighted by atomic mass is 16.3. The van der Waals surface area contributed by atoms with Crippen LogP contribution in [0.4, 0.5) is 0 Å². The Bertz CT molecular complexity index is 535. The zero-order valence-corrected chi connectivity index (χ0v) is 15.0. The average molecular weight is 320 g/mol. The fraction of sp³-hybridized carbons (Fsp3) is 0.800. The molecule has 0 spiro atoms. The number of aliphatic hydroxyl groups excluding tert-OH is 1. The topological polar surface area (TPSA) is 53.6 Å². The molecule has 23 heavy (non-hydrogen) atoms.